The van der Waals surface area contributed by atoms with E-state index in [9.17, 15) is 4.39 Å². The zero-order chi connectivity index (χ0) is 27.2. The van der Waals surface area contributed by atoms with Gasteiger partial charge in [-0.25, -0.2) is 8.78 Å². The standard InChI is InChI=1S/C30H32F6O2/c1-3-5-17-6-8-18(9-7-17)19-10-14-23(38-16-19)22-12-11-20-21-13-15-24(37-4-2)28(32)26(21)30(35,36)29(33,34)25(20)27(22)31/h11-15,17-19H,3-10,16H2,1-2H3. The van der Waals surface area contributed by atoms with Crippen molar-refractivity contribution in [2.75, 3.05) is 13.2 Å². The number of hydrogen-bond donors (Lipinski definition) is 0. The normalized spacial score (nSPS) is 25.6. The lowest BCUT2D eigenvalue weighted by molar-refractivity contribution is -0.227. The molecule has 2 nitrogen and oxygen atoms in total. The van der Waals surface area contributed by atoms with Crippen LogP contribution in [0.3, 0.4) is 0 Å². The Kier molecular flexibility index (Phi) is 7.20. The quantitative estimate of drug-likeness (QED) is 0.341. The molecule has 3 aliphatic rings. The highest BCUT2D eigenvalue weighted by Crippen LogP contribution is 2.60. The number of benzene rings is 2. The summed E-state index contributed by atoms with van der Waals surface area (Å²) in [5, 5.41) is 0. The summed E-state index contributed by atoms with van der Waals surface area (Å²) in [7, 11) is 0. The van der Waals surface area contributed by atoms with E-state index in [0.717, 1.165) is 37.0 Å². The molecule has 0 saturated heterocycles. The fraction of sp³-hybridized carbons (Fsp3) is 0.533. The van der Waals surface area contributed by atoms with Gasteiger partial charge in [0.2, 0.25) is 0 Å². The first-order valence-electron chi connectivity index (χ1n) is 13.5. The van der Waals surface area contributed by atoms with Crippen LogP contribution in [0.4, 0.5) is 26.3 Å². The molecule has 0 aromatic heterocycles. The molecule has 1 unspecified atom stereocenters. The van der Waals surface area contributed by atoms with Gasteiger partial charge < -0.3 is 9.47 Å². The molecule has 206 valence electrons. The third-order valence-electron chi connectivity index (χ3n) is 8.44. The van der Waals surface area contributed by atoms with E-state index in [2.05, 4.69) is 6.92 Å². The second-order valence-electron chi connectivity index (χ2n) is 10.7. The molecule has 0 radical (unpaired) electrons. The third kappa shape index (κ3) is 4.28. The molecule has 2 aliphatic carbocycles. The van der Waals surface area contributed by atoms with E-state index in [1.54, 1.807) is 6.08 Å². The number of rotatable bonds is 6. The zero-order valence-corrected chi connectivity index (χ0v) is 21.6. The van der Waals surface area contributed by atoms with E-state index < -0.39 is 51.5 Å². The van der Waals surface area contributed by atoms with Crippen molar-refractivity contribution in [1.29, 1.82) is 0 Å². The third-order valence-corrected chi connectivity index (χ3v) is 8.44. The molecule has 0 spiro atoms. The highest BCUT2D eigenvalue weighted by Gasteiger charge is 2.65. The topological polar surface area (TPSA) is 18.5 Å². The monoisotopic (exact) mass is 538 g/mol. The lowest BCUT2D eigenvalue weighted by Gasteiger charge is -2.37. The highest BCUT2D eigenvalue weighted by atomic mass is 19.3. The molecule has 2 aromatic rings. The summed E-state index contributed by atoms with van der Waals surface area (Å²) in [5.41, 5.74) is -4.19. The van der Waals surface area contributed by atoms with Gasteiger partial charge in [0.1, 0.15) is 11.6 Å². The Morgan fingerprint density at radius 3 is 2.00 bits per heavy atom. The van der Waals surface area contributed by atoms with E-state index in [1.807, 2.05) is 0 Å². The maximum atomic E-state index is 15.7. The Morgan fingerprint density at radius 1 is 0.816 bits per heavy atom. The van der Waals surface area contributed by atoms with Gasteiger partial charge >= 0.3 is 11.8 Å². The van der Waals surface area contributed by atoms with Gasteiger partial charge in [-0.1, -0.05) is 38.7 Å². The predicted molar refractivity (Wildman–Crippen MR) is 133 cm³/mol. The van der Waals surface area contributed by atoms with Crippen LogP contribution in [0.1, 0.15) is 75.5 Å². The second-order valence-corrected chi connectivity index (χ2v) is 10.7. The van der Waals surface area contributed by atoms with E-state index in [1.165, 1.54) is 38.7 Å². The molecule has 1 heterocycles. The molecule has 0 N–H and O–H groups in total. The predicted octanol–water partition coefficient (Wildman–Crippen LogP) is 9.21. The van der Waals surface area contributed by atoms with Crippen molar-refractivity contribution >= 4 is 5.76 Å². The first-order chi connectivity index (χ1) is 18.1. The van der Waals surface area contributed by atoms with Crippen LogP contribution >= 0.6 is 0 Å². The number of allylic oxidation sites excluding steroid dienone is 1. The van der Waals surface area contributed by atoms with Crippen LogP contribution in [-0.4, -0.2) is 13.2 Å². The highest BCUT2D eigenvalue weighted by molar-refractivity contribution is 5.79. The van der Waals surface area contributed by atoms with Crippen LogP contribution in [0.5, 0.6) is 5.75 Å². The summed E-state index contributed by atoms with van der Waals surface area (Å²) >= 11 is 0. The summed E-state index contributed by atoms with van der Waals surface area (Å²) in [4.78, 5) is 0. The molecule has 1 aliphatic heterocycles. The maximum Gasteiger partial charge on any atom is 0.343 e. The Balaban J connectivity index is 1.46. The summed E-state index contributed by atoms with van der Waals surface area (Å²) in [6, 6.07) is 4.55. The fourth-order valence-electron chi connectivity index (χ4n) is 6.42. The largest absolute Gasteiger partial charge is 0.493 e. The first-order valence-corrected chi connectivity index (χ1v) is 13.5. The van der Waals surface area contributed by atoms with Crippen LogP contribution in [0.25, 0.3) is 16.9 Å². The van der Waals surface area contributed by atoms with E-state index in [4.69, 9.17) is 9.47 Å². The van der Waals surface area contributed by atoms with Crippen LogP contribution < -0.4 is 4.74 Å². The molecule has 2 aromatic carbocycles. The van der Waals surface area contributed by atoms with Crippen molar-refractivity contribution < 1.29 is 35.8 Å². The van der Waals surface area contributed by atoms with Crippen molar-refractivity contribution in [2.45, 2.75) is 70.6 Å². The van der Waals surface area contributed by atoms with Gasteiger partial charge in [0.25, 0.3) is 0 Å². The molecule has 8 heteroatoms. The molecule has 0 bridgehead atoms. The van der Waals surface area contributed by atoms with Gasteiger partial charge in [-0.15, -0.1) is 0 Å². The molecule has 1 atom stereocenters. The minimum atomic E-state index is -4.99. The van der Waals surface area contributed by atoms with Gasteiger partial charge in [-0.05, 0) is 79.3 Å². The van der Waals surface area contributed by atoms with Crippen molar-refractivity contribution in [1.82, 2.24) is 0 Å². The molecule has 1 saturated carbocycles. The van der Waals surface area contributed by atoms with Gasteiger partial charge in [0.15, 0.2) is 11.6 Å². The van der Waals surface area contributed by atoms with Crippen LogP contribution in [0.2, 0.25) is 0 Å². The molecular formula is C30H32F6O2. The van der Waals surface area contributed by atoms with E-state index in [-0.39, 0.29) is 23.8 Å². The van der Waals surface area contributed by atoms with E-state index in [0.29, 0.717) is 18.9 Å². The fourth-order valence-corrected chi connectivity index (χ4v) is 6.42. The molecule has 1 fully saturated rings. The SMILES string of the molecule is CCCC1CCC(C2CC=C(c3ccc4c(c3F)C(F)(F)C(F)(F)c3c-4ccc(OCC)c3F)OC2)CC1. The Bertz CT molecular complexity index is 1230. The van der Waals surface area contributed by atoms with Crippen molar-refractivity contribution in [3.8, 4) is 16.9 Å². The van der Waals surface area contributed by atoms with Crippen LogP contribution in [0.15, 0.2) is 30.3 Å². The minimum Gasteiger partial charge on any atom is -0.493 e. The summed E-state index contributed by atoms with van der Waals surface area (Å²) < 4.78 is 102. The van der Waals surface area contributed by atoms with Gasteiger partial charge in [-0.3, -0.25) is 0 Å². The molecule has 0 amide bonds. The molecular weight excluding hydrogens is 506 g/mol. The molecule has 38 heavy (non-hydrogen) atoms. The maximum absolute atomic E-state index is 15.7. The first kappa shape index (κ1) is 26.9. The van der Waals surface area contributed by atoms with Crippen molar-refractivity contribution in [3.63, 3.8) is 0 Å². The zero-order valence-electron chi connectivity index (χ0n) is 21.6. The van der Waals surface area contributed by atoms with Gasteiger partial charge in [0, 0.05) is 0 Å². The van der Waals surface area contributed by atoms with Crippen molar-refractivity contribution in [3.05, 3.63) is 58.7 Å². The number of halogens is 6. The summed E-state index contributed by atoms with van der Waals surface area (Å²) in [6.45, 7) is 3.99. The number of ether oxygens (including phenoxy) is 2. The lowest BCUT2D eigenvalue weighted by Crippen LogP contribution is -2.41. The van der Waals surface area contributed by atoms with Crippen LogP contribution in [-0.2, 0) is 16.6 Å². The minimum absolute atomic E-state index is 0.0393. The Morgan fingerprint density at radius 2 is 1.42 bits per heavy atom. The number of fused-ring (bicyclic) bond motifs is 3. The Labute approximate surface area is 219 Å². The van der Waals surface area contributed by atoms with Gasteiger partial charge in [0.05, 0.1) is 29.9 Å². The molecule has 5 rings (SSSR count). The second kappa shape index (κ2) is 10.2. The Hall–Kier alpha value is -2.64. The smallest absolute Gasteiger partial charge is 0.343 e. The van der Waals surface area contributed by atoms with Crippen molar-refractivity contribution in [2.24, 2.45) is 17.8 Å². The summed E-state index contributed by atoms with van der Waals surface area (Å²) in [6.07, 6.45) is 9.29. The van der Waals surface area contributed by atoms with E-state index >= 15 is 22.0 Å². The number of alkyl halides is 4. The average Bonchev–Trinajstić information content (AvgIpc) is 2.89. The van der Waals surface area contributed by atoms with Crippen LogP contribution in [0, 0.1) is 29.4 Å². The number of hydrogen-bond acceptors (Lipinski definition) is 2. The summed E-state index contributed by atoms with van der Waals surface area (Å²) in [5.74, 6) is -12.0. The lowest BCUT2D eigenvalue weighted by atomic mass is 9.73. The average molecular weight is 539 g/mol. The van der Waals surface area contributed by atoms with Gasteiger partial charge in [-0.2, -0.15) is 17.6 Å².